The van der Waals surface area contributed by atoms with E-state index in [9.17, 15) is 13.2 Å². The fourth-order valence-corrected chi connectivity index (χ4v) is 7.97. The van der Waals surface area contributed by atoms with Crippen LogP contribution in [0, 0.1) is 17.8 Å². The van der Waals surface area contributed by atoms with Crippen molar-refractivity contribution in [2.24, 2.45) is 22.9 Å². The Morgan fingerprint density at radius 2 is 1.65 bits per heavy atom. The molecule has 0 atom stereocenters. The fraction of sp³-hybridized carbons (Fsp3) is 0.500. The number of nitrogens with zero attached hydrogens (tertiary/aromatic N) is 2. The van der Waals surface area contributed by atoms with Crippen molar-refractivity contribution in [1.82, 2.24) is 5.43 Å². The topological polar surface area (TPSA) is 97.3 Å². The van der Waals surface area contributed by atoms with Crippen LogP contribution in [0.2, 0.25) is 0 Å². The highest BCUT2D eigenvalue weighted by Crippen LogP contribution is 2.60. The molecule has 9 heteroatoms. The van der Waals surface area contributed by atoms with E-state index < -0.39 is 15.9 Å². The summed E-state index contributed by atoms with van der Waals surface area (Å²) in [6.45, 7) is -0.368. The number of rotatable bonds is 9. The zero-order valence-electron chi connectivity index (χ0n) is 21.6. The van der Waals surface area contributed by atoms with Crippen molar-refractivity contribution in [1.29, 1.82) is 0 Å². The minimum atomic E-state index is -3.68. The third kappa shape index (κ3) is 5.32. The van der Waals surface area contributed by atoms with Crippen LogP contribution in [0.5, 0.6) is 11.5 Å². The Hall–Kier alpha value is -3.07. The first kappa shape index (κ1) is 25.6. The lowest BCUT2D eigenvalue weighted by Gasteiger charge is -2.57. The number of sulfonamides is 1. The minimum absolute atomic E-state index is 0.234. The molecule has 4 bridgehead atoms. The molecule has 8 nitrogen and oxygen atoms in total. The number of nitrogens with one attached hydrogen (secondary N) is 1. The molecule has 2 aromatic rings. The van der Waals surface area contributed by atoms with Crippen LogP contribution in [0.25, 0.3) is 0 Å². The second kappa shape index (κ2) is 10.0. The molecule has 6 rings (SSSR count). The van der Waals surface area contributed by atoms with Gasteiger partial charge in [-0.15, -0.1) is 0 Å². The van der Waals surface area contributed by atoms with E-state index in [1.165, 1.54) is 57.4 Å². The number of amides is 1. The first-order valence-electron chi connectivity index (χ1n) is 12.8. The van der Waals surface area contributed by atoms with E-state index in [2.05, 4.69) is 22.7 Å². The number of ether oxygens (including phenoxy) is 2. The Bertz CT molecular complexity index is 1250. The summed E-state index contributed by atoms with van der Waals surface area (Å²) in [6, 6.07) is 13.0. The normalized spacial score (nSPS) is 26.3. The second-order valence-electron chi connectivity index (χ2n) is 10.9. The van der Waals surface area contributed by atoms with Gasteiger partial charge >= 0.3 is 0 Å². The predicted molar refractivity (Wildman–Crippen MR) is 144 cm³/mol. The summed E-state index contributed by atoms with van der Waals surface area (Å²) in [5.41, 5.74) is 5.09. The summed E-state index contributed by atoms with van der Waals surface area (Å²) < 4.78 is 36.8. The Morgan fingerprint density at radius 3 is 2.19 bits per heavy atom. The molecule has 0 aliphatic heterocycles. The van der Waals surface area contributed by atoms with Gasteiger partial charge in [0.05, 0.1) is 32.4 Å². The molecule has 4 saturated carbocycles. The van der Waals surface area contributed by atoms with E-state index in [0.29, 0.717) is 22.7 Å². The Balaban J connectivity index is 1.27. The number of carbonyl (C=O) groups excluding carboxylic acids is 1. The highest BCUT2D eigenvalue weighted by atomic mass is 32.2. The summed E-state index contributed by atoms with van der Waals surface area (Å²) in [7, 11) is -0.586. The van der Waals surface area contributed by atoms with E-state index >= 15 is 0 Å². The summed E-state index contributed by atoms with van der Waals surface area (Å²) >= 11 is 0. The van der Waals surface area contributed by atoms with Gasteiger partial charge in [0.25, 0.3) is 5.91 Å². The lowest BCUT2D eigenvalue weighted by atomic mass is 9.48. The van der Waals surface area contributed by atoms with Gasteiger partial charge in [0.1, 0.15) is 18.0 Å². The molecule has 37 heavy (non-hydrogen) atoms. The molecular weight excluding hydrogens is 490 g/mol. The van der Waals surface area contributed by atoms with Crippen LogP contribution in [-0.2, 0) is 20.2 Å². The summed E-state index contributed by atoms with van der Waals surface area (Å²) in [6.07, 6.45) is 10.4. The molecule has 198 valence electrons. The van der Waals surface area contributed by atoms with Crippen molar-refractivity contribution >= 4 is 27.8 Å². The van der Waals surface area contributed by atoms with Crippen molar-refractivity contribution in [2.75, 3.05) is 31.3 Å². The standard InChI is InChI=1S/C28H35N3O5S/c1-35-25-9-4-22(26(13-25)36-2)17-29-30-27(32)18-31(37(3,33)34)24-7-5-23(6-8-24)28-14-19-10-20(15-28)12-21(11-19)16-28/h4-9,13,17,19-21H,10-12,14-16,18H2,1-3H3,(H,30,32)/b29-17-. The first-order valence-corrected chi connectivity index (χ1v) is 14.7. The highest BCUT2D eigenvalue weighted by molar-refractivity contribution is 7.92. The zero-order valence-corrected chi connectivity index (χ0v) is 22.5. The quantitative estimate of drug-likeness (QED) is 0.393. The number of hydrogen-bond donors (Lipinski definition) is 1. The summed E-state index contributed by atoms with van der Waals surface area (Å²) in [4.78, 5) is 12.6. The van der Waals surface area contributed by atoms with Crippen molar-refractivity contribution in [3.8, 4) is 11.5 Å². The lowest BCUT2D eigenvalue weighted by molar-refractivity contribution is -0.119. The van der Waals surface area contributed by atoms with Crippen LogP contribution in [0.4, 0.5) is 5.69 Å². The van der Waals surface area contributed by atoms with Gasteiger partial charge in [-0.3, -0.25) is 9.10 Å². The average molecular weight is 526 g/mol. The molecule has 2 aromatic carbocycles. The van der Waals surface area contributed by atoms with Crippen LogP contribution in [0.15, 0.2) is 47.6 Å². The Kier molecular flexibility index (Phi) is 6.91. The van der Waals surface area contributed by atoms with E-state index in [-0.39, 0.29) is 12.0 Å². The maximum absolute atomic E-state index is 12.6. The Labute approximate surface area is 219 Å². The first-order chi connectivity index (χ1) is 17.7. The highest BCUT2D eigenvalue weighted by Gasteiger charge is 2.51. The van der Waals surface area contributed by atoms with Crippen LogP contribution in [0.1, 0.15) is 49.7 Å². The monoisotopic (exact) mass is 525 g/mol. The van der Waals surface area contributed by atoms with Crippen molar-refractivity contribution < 1.29 is 22.7 Å². The smallest absolute Gasteiger partial charge is 0.260 e. The molecule has 0 radical (unpaired) electrons. The van der Waals surface area contributed by atoms with E-state index in [4.69, 9.17) is 9.47 Å². The van der Waals surface area contributed by atoms with Crippen LogP contribution >= 0.6 is 0 Å². The molecule has 0 saturated heterocycles. The Morgan fingerprint density at radius 1 is 1.03 bits per heavy atom. The minimum Gasteiger partial charge on any atom is -0.497 e. The molecule has 1 amide bonds. The van der Waals surface area contributed by atoms with Gasteiger partial charge in [-0.25, -0.2) is 13.8 Å². The average Bonchev–Trinajstić information content (AvgIpc) is 2.86. The molecule has 4 aliphatic rings. The number of methoxy groups -OCH3 is 2. The molecule has 0 spiro atoms. The summed E-state index contributed by atoms with van der Waals surface area (Å²) in [5.74, 6) is 3.13. The van der Waals surface area contributed by atoms with Gasteiger partial charge in [-0.1, -0.05) is 12.1 Å². The molecule has 4 aliphatic carbocycles. The van der Waals surface area contributed by atoms with Crippen molar-refractivity contribution in [3.63, 3.8) is 0 Å². The fourth-order valence-electron chi connectivity index (χ4n) is 7.11. The third-order valence-corrected chi connectivity index (χ3v) is 9.47. The second-order valence-corrected chi connectivity index (χ2v) is 12.8. The zero-order chi connectivity index (χ0) is 26.2. The molecule has 0 unspecified atom stereocenters. The van der Waals surface area contributed by atoms with E-state index in [0.717, 1.165) is 28.3 Å². The molecule has 0 aromatic heterocycles. The van der Waals surface area contributed by atoms with Gasteiger partial charge in [-0.2, -0.15) is 5.10 Å². The number of carbonyl (C=O) groups is 1. The molecule has 0 heterocycles. The number of benzene rings is 2. The number of hydrogen-bond acceptors (Lipinski definition) is 6. The van der Waals surface area contributed by atoms with Crippen LogP contribution < -0.4 is 19.2 Å². The van der Waals surface area contributed by atoms with Crippen molar-refractivity contribution in [3.05, 3.63) is 53.6 Å². The summed E-state index contributed by atoms with van der Waals surface area (Å²) in [5, 5.41) is 3.99. The SMILES string of the molecule is COc1ccc(/C=N\NC(=O)CN(c2ccc(C34CC5CC(CC(C5)C3)C4)cc2)S(C)(=O)=O)c(OC)c1. The van der Waals surface area contributed by atoms with Gasteiger partial charge in [0.2, 0.25) is 10.0 Å². The van der Waals surface area contributed by atoms with Crippen LogP contribution in [-0.4, -0.2) is 47.6 Å². The maximum Gasteiger partial charge on any atom is 0.260 e. The molecule has 1 N–H and O–H groups in total. The van der Waals surface area contributed by atoms with E-state index in [1.54, 1.807) is 25.3 Å². The van der Waals surface area contributed by atoms with Crippen molar-refractivity contribution in [2.45, 2.75) is 43.9 Å². The number of anilines is 1. The predicted octanol–water partition coefficient (Wildman–Crippen LogP) is 4.09. The lowest BCUT2D eigenvalue weighted by Crippen LogP contribution is -2.48. The van der Waals surface area contributed by atoms with Gasteiger partial charge in [-0.05, 0) is 91.5 Å². The third-order valence-electron chi connectivity index (χ3n) is 8.33. The largest absolute Gasteiger partial charge is 0.497 e. The van der Waals surface area contributed by atoms with Gasteiger partial charge < -0.3 is 9.47 Å². The maximum atomic E-state index is 12.6. The van der Waals surface area contributed by atoms with E-state index in [1.807, 2.05) is 12.1 Å². The van der Waals surface area contributed by atoms with Crippen LogP contribution in [0.3, 0.4) is 0 Å². The number of hydrazone groups is 1. The molecular formula is C28H35N3O5S. The van der Waals surface area contributed by atoms with Gasteiger partial charge in [0, 0.05) is 11.6 Å². The van der Waals surface area contributed by atoms with Gasteiger partial charge in [0.15, 0.2) is 0 Å². The molecule has 4 fully saturated rings.